The molecule has 0 aromatic heterocycles. The first kappa shape index (κ1) is 12.5. The topological polar surface area (TPSA) is 74.6 Å². The van der Waals surface area contributed by atoms with E-state index in [2.05, 4.69) is 31.9 Å². The predicted molar refractivity (Wildman–Crippen MR) is 50.3 cm³/mol. The molecule has 2 unspecified atom stereocenters. The second-order valence-corrected chi connectivity index (χ2v) is 6.19. The van der Waals surface area contributed by atoms with E-state index in [0.717, 1.165) is 0 Å². The summed E-state index contributed by atoms with van der Waals surface area (Å²) in [6.45, 7) is 0. The van der Waals surface area contributed by atoms with Crippen LogP contribution in [0.2, 0.25) is 0 Å². The highest BCUT2D eigenvalue weighted by atomic mass is 79.9. The van der Waals surface area contributed by atoms with Crippen LogP contribution in [0.25, 0.3) is 0 Å². The maximum Gasteiger partial charge on any atom is 0.339 e. The van der Waals surface area contributed by atoms with Gasteiger partial charge in [-0.25, -0.2) is 9.59 Å². The molecule has 4 nitrogen and oxygen atoms in total. The van der Waals surface area contributed by atoms with Gasteiger partial charge >= 0.3 is 11.9 Å². The van der Waals surface area contributed by atoms with E-state index >= 15 is 0 Å². The van der Waals surface area contributed by atoms with E-state index in [4.69, 9.17) is 33.4 Å². The number of carboxylic acid groups (broad SMARTS) is 2. The molecule has 0 saturated carbocycles. The fraction of sp³-hybridized carbons (Fsp3) is 0.500. The molecule has 8 heteroatoms. The highest BCUT2D eigenvalue weighted by molar-refractivity contribution is 9.14. The van der Waals surface area contributed by atoms with Gasteiger partial charge in [-0.2, -0.15) is 0 Å². The van der Waals surface area contributed by atoms with E-state index in [1.165, 1.54) is 0 Å². The lowest BCUT2D eigenvalue weighted by Crippen LogP contribution is -2.48. The summed E-state index contributed by atoms with van der Waals surface area (Å²) in [5.41, 5.74) is 0. The van der Waals surface area contributed by atoms with Gasteiger partial charge in [0.05, 0.1) is 0 Å². The van der Waals surface area contributed by atoms with Gasteiger partial charge in [-0.15, -0.1) is 0 Å². The standard InChI is InChI=1S/C4H2Br2Cl2O4/c5-3(7,1(9)10)4(6,8)2(11)12/h(H,9,10)(H,11,12). The summed E-state index contributed by atoms with van der Waals surface area (Å²) >= 11 is 15.6. The summed E-state index contributed by atoms with van der Waals surface area (Å²) in [5.74, 6) is -3.20. The van der Waals surface area contributed by atoms with Gasteiger partial charge in [0.2, 0.25) is 7.57 Å². The summed E-state index contributed by atoms with van der Waals surface area (Å²) in [5, 5.41) is 16.9. The molecule has 0 aliphatic heterocycles. The van der Waals surface area contributed by atoms with Crippen molar-refractivity contribution in [2.75, 3.05) is 0 Å². The van der Waals surface area contributed by atoms with Crippen molar-refractivity contribution in [2.24, 2.45) is 0 Å². The SMILES string of the molecule is O=C(O)C(Cl)(Br)C(Cl)(Br)C(=O)O. The second kappa shape index (κ2) is 3.69. The number of alkyl halides is 4. The third-order valence-corrected chi connectivity index (χ3v) is 4.78. The number of rotatable bonds is 3. The van der Waals surface area contributed by atoms with Crippen LogP contribution in [0.3, 0.4) is 0 Å². The molecule has 2 atom stereocenters. The number of aliphatic carboxylic acids is 2. The zero-order chi connectivity index (χ0) is 10.2. The molecule has 0 fully saturated rings. The van der Waals surface area contributed by atoms with E-state index in [9.17, 15) is 9.59 Å². The van der Waals surface area contributed by atoms with Crippen molar-refractivity contribution in [1.29, 1.82) is 0 Å². The zero-order valence-electron chi connectivity index (χ0n) is 5.22. The van der Waals surface area contributed by atoms with Gasteiger partial charge in [0.15, 0.2) is 0 Å². The van der Waals surface area contributed by atoms with Crippen LogP contribution < -0.4 is 0 Å². The van der Waals surface area contributed by atoms with Gasteiger partial charge in [0.25, 0.3) is 0 Å². The Morgan fingerprint density at radius 3 is 1.25 bits per heavy atom. The minimum absolute atomic E-state index is 1.60. The zero-order valence-corrected chi connectivity index (χ0v) is 9.91. The van der Waals surface area contributed by atoms with Gasteiger partial charge in [-0.1, -0.05) is 55.1 Å². The average molecular weight is 345 g/mol. The third kappa shape index (κ3) is 2.04. The largest absolute Gasteiger partial charge is 0.479 e. The Balaban J connectivity index is 5.01. The van der Waals surface area contributed by atoms with Crippen LogP contribution in [0.5, 0.6) is 0 Å². The molecule has 0 spiro atoms. The van der Waals surface area contributed by atoms with E-state index in [1.807, 2.05) is 0 Å². The molecule has 0 aliphatic rings. The number of hydrogen-bond donors (Lipinski definition) is 2. The highest BCUT2D eigenvalue weighted by Crippen LogP contribution is 2.45. The summed E-state index contributed by atoms with van der Waals surface area (Å²) < 4.78 is -4.60. The van der Waals surface area contributed by atoms with Crippen molar-refractivity contribution in [1.82, 2.24) is 0 Å². The highest BCUT2D eigenvalue weighted by Gasteiger charge is 2.58. The molecule has 0 aromatic carbocycles. The van der Waals surface area contributed by atoms with Crippen LogP contribution in [0.15, 0.2) is 0 Å². The maximum atomic E-state index is 10.4. The quantitative estimate of drug-likeness (QED) is 0.766. The van der Waals surface area contributed by atoms with Crippen molar-refractivity contribution in [3.05, 3.63) is 0 Å². The molecule has 0 aliphatic carbocycles. The Labute approximate surface area is 94.1 Å². The second-order valence-electron chi connectivity index (χ2n) is 1.76. The van der Waals surface area contributed by atoms with E-state index in [0.29, 0.717) is 0 Å². The van der Waals surface area contributed by atoms with E-state index < -0.39 is 19.5 Å². The van der Waals surface area contributed by atoms with Crippen LogP contribution in [0.1, 0.15) is 0 Å². The summed E-state index contributed by atoms with van der Waals surface area (Å²) in [7, 11) is 0. The fourth-order valence-electron chi connectivity index (χ4n) is 0.269. The Bertz CT molecular complexity index is 203. The lowest BCUT2D eigenvalue weighted by atomic mass is 10.3. The van der Waals surface area contributed by atoms with Gasteiger partial charge in [-0.05, 0) is 0 Å². The first-order chi connectivity index (χ1) is 5.14. The number of halogens is 4. The van der Waals surface area contributed by atoms with Gasteiger partial charge in [0.1, 0.15) is 0 Å². The molecule has 0 radical (unpaired) electrons. The minimum atomic E-state index is -2.30. The van der Waals surface area contributed by atoms with Gasteiger partial charge < -0.3 is 10.2 Å². The van der Waals surface area contributed by atoms with Crippen LogP contribution in [-0.2, 0) is 9.59 Å². The van der Waals surface area contributed by atoms with Crippen molar-refractivity contribution >= 4 is 67.0 Å². The molecular formula is C4H2Br2Cl2O4. The smallest absolute Gasteiger partial charge is 0.339 e. The molecule has 0 amide bonds. The van der Waals surface area contributed by atoms with Gasteiger partial charge in [0, 0.05) is 0 Å². The lowest BCUT2D eigenvalue weighted by Gasteiger charge is -2.25. The van der Waals surface area contributed by atoms with Crippen LogP contribution in [0, 0.1) is 0 Å². The van der Waals surface area contributed by atoms with Crippen LogP contribution in [-0.4, -0.2) is 29.7 Å². The summed E-state index contributed by atoms with van der Waals surface area (Å²) in [4.78, 5) is 20.8. The van der Waals surface area contributed by atoms with E-state index in [1.54, 1.807) is 0 Å². The van der Waals surface area contributed by atoms with E-state index in [-0.39, 0.29) is 0 Å². The lowest BCUT2D eigenvalue weighted by molar-refractivity contribution is -0.144. The molecule has 0 aromatic rings. The van der Waals surface area contributed by atoms with Crippen molar-refractivity contribution in [2.45, 2.75) is 7.57 Å². The Morgan fingerprint density at radius 1 is 1.00 bits per heavy atom. The average Bonchev–Trinajstić information content (AvgIpc) is 1.86. The third-order valence-electron chi connectivity index (χ3n) is 0.932. The first-order valence-electron chi connectivity index (χ1n) is 2.36. The molecule has 0 heterocycles. The number of carboxylic acids is 2. The summed E-state index contributed by atoms with van der Waals surface area (Å²) in [6.07, 6.45) is 0. The van der Waals surface area contributed by atoms with Gasteiger partial charge in [-0.3, -0.25) is 0 Å². The summed E-state index contributed by atoms with van der Waals surface area (Å²) in [6, 6.07) is 0. The van der Waals surface area contributed by atoms with Crippen LogP contribution in [0.4, 0.5) is 0 Å². The van der Waals surface area contributed by atoms with Crippen molar-refractivity contribution in [3.63, 3.8) is 0 Å². The van der Waals surface area contributed by atoms with Crippen LogP contribution >= 0.6 is 55.1 Å². The number of carbonyl (C=O) groups is 2. The Hall–Kier alpha value is 0.480. The Kier molecular flexibility index (Phi) is 3.84. The first-order valence-corrected chi connectivity index (χ1v) is 4.70. The molecular weight excluding hydrogens is 343 g/mol. The molecule has 12 heavy (non-hydrogen) atoms. The molecule has 0 bridgehead atoms. The molecule has 2 N–H and O–H groups in total. The predicted octanol–water partition coefficient (Wildman–Crippen LogP) is 1.82. The molecule has 70 valence electrons. The molecule has 0 rings (SSSR count). The minimum Gasteiger partial charge on any atom is -0.479 e. The maximum absolute atomic E-state index is 10.4. The normalized spacial score (nSPS) is 20.7. The monoisotopic (exact) mass is 342 g/mol. The molecule has 0 saturated heterocycles. The Morgan fingerprint density at radius 2 is 1.17 bits per heavy atom. The number of hydrogen-bond acceptors (Lipinski definition) is 2. The van der Waals surface area contributed by atoms with Crippen molar-refractivity contribution in [3.8, 4) is 0 Å². The van der Waals surface area contributed by atoms with Crippen molar-refractivity contribution < 1.29 is 19.8 Å². The fourth-order valence-corrected chi connectivity index (χ4v) is 0.769.